The molecule has 2 N–H and O–H groups in total. The van der Waals surface area contributed by atoms with Crippen LogP contribution in [-0.2, 0) is 14.4 Å². The number of aliphatic carboxylic acids is 1. The zero-order valence-electron chi connectivity index (χ0n) is 14.0. The Kier molecular flexibility index (Phi) is 6.38. The first-order valence-corrected chi connectivity index (χ1v) is 7.93. The molecule has 6 heteroatoms. The maximum absolute atomic E-state index is 12.2. The SMILES string of the molecule is CC1CCC(C(=O)O)CN1C(=O)CCCNC(=O)C(C)(C)C. The van der Waals surface area contributed by atoms with Crippen molar-refractivity contribution in [3.05, 3.63) is 0 Å². The Balaban J connectivity index is 2.38. The van der Waals surface area contributed by atoms with E-state index in [1.165, 1.54) is 0 Å². The van der Waals surface area contributed by atoms with Crippen LogP contribution < -0.4 is 5.32 Å². The van der Waals surface area contributed by atoms with E-state index in [1.54, 1.807) is 4.90 Å². The number of hydrogen-bond acceptors (Lipinski definition) is 3. The highest BCUT2D eigenvalue weighted by Gasteiger charge is 2.32. The number of carboxylic acids is 1. The molecule has 0 aromatic heterocycles. The lowest BCUT2D eigenvalue weighted by molar-refractivity contribution is -0.147. The minimum atomic E-state index is -0.831. The number of rotatable bonds is 5. The lowest BCUT2D eigenvalue weighted by Crippen LogP contribution is -2.47. The number of carbonyl (C=O) groups is 3. The predicted molar refractivity (Wildman–Crippen MR) is 83.2 cm³/mol. The topological polar surface area (TPSA) is 86.7 Å². The molecule has 0 bridgehead atoms. The van der Waals surface area contributed by atoms with E-state index in [9.17, 15) is 14.4 Å². The summed E-state index contributed by atoms with van der Waals surface area (Å²) in [4.78, 5) is 36.7. The van der Waals surface area contributed by atoms with Crippen LogP contribution in [0.4, 0.5) is 0 Å². The molecule has 0 aliphatic carbocycles. The summed E-state index contributed by atoms with van der Waals surface area (Å²) in [6.45, 7) is 8.24. The van der Waals surface area contributed by atoms with Gasteiger partial charge in [-0.1, -0.05) is 20.8 Å². The van der Waals surface area contributed by atoms with Crippen LogP contribution in [0.1, 0.15) is 53.4 Å². The first-order chi connectivity index (χ1) is 10.1. The van der Waals surface area contributed by atoms with Gasteiger partial charge in [-0.05, 0) is 26.2 Å². The van der Waals surface area contributed by atoms with Crippen LogP contribution in [0.25, 0.3) is 0 Å². The summed E-state index contributed by atoms with van der Waals surface area (Å²) in [5, 5.41) is 11.9. The molecule has 1 heterocycles. The summed E-state index contributed by atoms with van der Waals surface area (Å²) in [6, 6.07) is 0.0901. The van der Waals surface area contributed by atoms with Gasteiger partial charge < -0.3 is 15.3 Å². The molecular weight excluding hydrogens is 284 g/mol. The molecule has 1 aliphatic heterocycles. The zero-order valence-corrected chi connectivity index (χ0v) is 14.0. The van der Waals surface area contributed by atoms with E-state index in [0.29, 0.717) is 32.4 Å². The molecular formula is C16H28N2O4. The number of carbonyl (C=O) groups excluding carboxylic acids is 2. The molecule has 6 nitrogen and oxygen atoms in total. The fourth-order valence-electron chi connectivity index (χ4n) is 2.51. The van der Waals surface area contributed by atoms with E-state index in [1.807, 2.05) is 27.7 Å². The van der Waals surface area contributed by atoms with E-state index < -0.39 is 17.3 Å². The average molecular weight is 312 g/mol. The lowest BCUT2D eigenvalue weighted by Gasteiger charge is -2.36. The maximum Gasteiger partial charge on any atom is 0.308 e. The number of hydrogen-bond donors (Lipinski definition) is 2. The Morgan fingerprint density at radius 3 is 2.41 bits per heavy atom. The fraction of sp³-hybridized carbons (Fsp3) is 0.812. The minimum absolute atomic E-state index is 0.0246. The maximum atomic E-state index is 12.2. The van der Waals surface area contributed by atoms with Crippen LogP contribution in [-0.4, -0.2) is 46.9 Å². The van der Waals surface area contributed by atoms with Crippen molar-refractivity contribution < 1.29 is 19.5 Å². The molecule has 1 fully saturated rings. The van der Waals surface area contributed by atoms with Crippen molar-refractivity contribution in [3.63, 3.8) is 0 Å². The monoisotopic (exact) mass is 312 g/mol. The van der Waals surface area contributed by atoms with Crippen molar-refractivity contribution in [2.24, 2.45) is 11.3 Å². The second kappa shape index (κ2) is 7.61. The van der Waals surface area contributed by atoms with Gasteiger partial charge in [-0.2, -0.15) is 0 Å². The minimum Gasteiger partial charge on any atom is -0.481 e. The highest BCUT2D eigenvalue weighted by atomic mass is 16.4. The molecule has 0 radical (unpaired) electrons. The number of piperidine rings is 1. The van der Waals surface area contributed by atoms with E-state index in [-0.39, 0.29) is 17.9 Å². The van der Waals surface area contributed by atoms with Crippen LogP contribution in [0.15, 0.2) is 0 Å². The van der Waals surface area contributed by atoms with E-state index in [0.717, 1.165) is 6.42 Å². The van der Waals surface area contributed by atoms with Gasteiger partial charge in [0, 0.05) is 31.0 Å². The second-order valence-electron chi connectivity index (χ2n) is 7.12. The lowest BCUT2D eigenvalue weighted by atomic mass is 9.93. The van der Waals surface area contributed by atoms with Crippen molar-refractivity contribution >= 4 is 17.8 Å². The molecule has 126 valence electrons. The second-order valence-corrected chi connectivity index (χ2v) is 7.12. The molecule has 1 rings (SSSR count). The van der Waals surface area contributed by atoms with Crippen LogP contribution in [0.3, 0.4) is 0 Å². The molecule has 22 heavy (non-hydrogen) atoms. The normalized spacial score (nSPS) is 22.3. The van der Waals surface area contributed by atoms with Gasteiger partial charge in [0.1, 0.15) is 0 Å². The van der Waals surface area contributed by atoms with Crippen molar-refractivity contribution in [1.29, 1.82) is 0 Å². The third-order valence-corrected chi connectivity index (χ3v) is 4.09. The first-order valence-electron chi connectivity index (χ1n) is 7.93. The summed E-state index contributed by atoms with van der Waals surface area (Å²) in [5.41, 5.74) is -0.430. The van der Waals surface area contributed by atoms with E-state index in [4.69, 9.17) is 5.11 Å². The van der Waals surface area contributed by atoms with Gasteiger partial charge in [0.15, 0.2) is 0 Å². The van der Waals surface area contributed by atoms with Crippen molar-refractivity contribution in [2.45, 2.75) is 59.4 Å². The Morgan fingerprint density at radius 1 is 1.23 bits per heavy atom. The highest BCUT2D eigenvalue weighted by Crippen LogP contribution is 2.23. The summed E-state index contributed by atoms with van der Waals surface area (Å²) in [7, 11) is 0. The molecule has 0 spiro atoms. The number of likely N-dealkylation sites (tertiary alicyclic amines) is 1. The van der Waals surface area contributed by atoms with E-state index >= 15 is 0 Å². The number of nitrogens with zero attached hydrogens (tertiary/aromatic N) is 1. The molecule has 2 atom stereocenters. The third-order valence-electron chi connectivity index (χ3n) is 4.09. The van der Waals surface area contributed by atoms with Crippen LogP contribution in [0.5, 0.6) is 0 Å². The predicted octanol–water partition coefficient (Wildman–Crippen LogP) is 1.64. The Bertz CT molecular complexity index is 428. The van der Waals surface area contributed by atoms with Crippen molar-refractivity contribution in [2.75, 3.05) is 13.1 Å². The summed E-state index contributed by atoms with van der Waals surface area (Å²) in [6.07, 6.45) is 2.26. The molecule has 2 unspecified atom stereocenters. The quantitative estimate of drug-likeness (QED) is 0.756. The molecule has 1 aliphatic rings. The average Bonchev–Trinajstić information content (AvgIpc) is 2.42. The molecule has 0 saturated carbocycles. The van der Waals surface area contributed by atoms with Crippen molar-refractivity contribution in [3.8, 4) is 0 Å². The third kappa shape index (κ3) is 5.31. The zero-order chi connectivity index (χ0) is 16.9. The van der Waals surface area contributed by atoms with Crippen LogP contribution in [0.2, 0.25) is 0 Å². The van der Waals surface area contributed by atoms with Gasteiger partial charge in [0.2, 0.25) is 11.8 Å². The van der Waals surface area contributed by atoms with Gasteiger partial charge in [0.25, 0.3) is 0 Å². The Labute approximate surface area is 132 Å². The molecule has 0 aromatic carbocycles. The number of carboxylic acid groups (broad SMARTS) is 1. The summed E-state index contributed by atoms with van der Waals surface area (Å²) in [5.74, 6) is -1.34. The number of nitrogens with one attached hydrogen (secondary N) is 1. The van der Waals surface area contributed by atoms with E-state index in [2.05, 4.69) is 5.32 Å². The summed E-state index contributed by atoms with van der Waals surface area (Å²) >= 11 is 0. The van der Waals surface area contributed by atoms with Crippen LogP contribution in [0, 0.1) is 11.3 Å². The van der Waals surface area contributed by atoms with Gasteiger partial charge in [-0.15, -0.1) is 0 Å². The Hall–Kier alpha value is -1.59. The van der Waals surface area contributed by atoms with Gasteiger partial charge in [-0.3, -0.25) is 14.4 Å². The molecule has 2 amide bonds. The molecule has 0 aromatic rings. The van der Waals surface area contributed by atoms with Gasteiger partial charge in [0.05, 0.1) is 5.92 Å². The Morgan fingerprint density at radius 2 is 1.86 bits per heavy atom. The van der Waals surface area contributed by atoms with Gasteiger partial charge in [-0.25, -0.2) is 0 Å². The molecule has 1 saturated heterocycles. The smallest absolute Gasteiger partial charge is 0.308 e. The fourth-order valence-corrected chi connectivity index (χ4v) is 2.51. The summed E-state index contributed by atoms with van der Waals surface area (Å²) < 4.78 is 0. The first kappa shape index (κ1) is 18.5. The standard InChI is InChI=1S/C16H28N2O4/c1-11-7-8-12(14(20)21)10-18(11)13(19)6-5-9-17-15(22)16(2,3)4/h11-12H,5-10H2,1-4H3,(H,17,22)(H,20,21). The van der Waals surface area contributed by atoms with Crippen molar-refractivity contribution in [1.82, 2.24) is 10.2 Å². The van der Waals surface area contributed by atoms with Gasteiger partial charge >= 0.3 is 5.97 Å². The highest BCUT2D eigenvalue weighted by molar-refractivity contribution is 5.81. The number of amides is 2. The van der Waals surface area contributed by atoms with Crippen LogP contribution >= 0.6 is 0 Å². The largest absolute Gasteiger partial charge is 0.481 e.